The fourth-order valence-corrected chi connectivity index (χ4v) is 2.65. The second-order valence-electron chi connectivity index (χ2n) is 5.44. The highest BCUT2D eigenvalue weighted by atomic mass is 35.5. The van der Waals surface area contributed by atoms with Gasteiger partial charge in [-0.25, -0.2) is 0 Å². The van der Waals surface area contributed by atoms with Crippen molar-refractivity contribution in [1.29, 1.82) is 0 Å². The van der Waals surface area contributed by atoms with E-state index in [4.69, 9.17) is 27.9 Å². The Labute approximate surface area is 156 Å². The fraction of sp³-hybridized carbons (Fsp3) is 0.222. The van der Waals surface area contributed by atoms with Gasteiger partial charge in [0.05, 0.1) is 12.1 Å². The van der Waals surface area contributed by atoms with E-state index in [1.54, 1.807) is 36.4 Å². The van der Waals surface area contributed by atoms with Gasteiger partial charge >= 0.3 is 0 Å². The number of aryl methyl sites for hydroxylation is 1. The summed E-state index contributed by atoms with van der Waals surface area (Å²) in [5, 5.41) is 3.63. The molecule has 0 aliphatic rings. The first kappa shape index (κ1) is 19.1. The maximum absolute atomic E-state index is 12.3. The molecular weight excluding hydrogens is 363 g/mol. The fourth-order valence-electron chi connectivity index (χ4n) is 2.22. The van der Waals surface area contributed by atoms with Crippen LogP contribution < -0.4 is 15.0 Å². The minimum Gasteiger partial charge on any atom is -0.495 e. The van der Waals surface area contributed by atoms with Crippen LogP contribution in [0.25, 0.3) is 0 Å². The topological polar surface area (TPSA) is 58.6 Å². The summed E-state index contributed by atoms with van der Waals surface area (Å²) in [5.74, 6) is -0.102. The number of anilines is 2. The van der Waals surface area contributed by atoms with Crippen LogP contribution in [0, 0.1) is 6.92 Å². The smallest absolute Gasteiger partial charge is 0.244 e. The maximum Gasteiger partial charge on any atom is 0.244 e. The predicted octanol–water partition coefficient (Wildman–Crippen LogP) is 4.30. The molecule has 0 fully saturated rings. The molecule has 0 radical (unpaired) electrons. The molecule has 0 aliphatic carbocycles. The van der Waals surface area contributed by atoms with Crippen LogP contribution in [0.1, 0.15) is 12.5 Å². The highest BCUT2D eigenvalue weighted by Crippen LogP contribution is 2.27. The standard InChI is InChI=1S/C18H18Cl2N2O3/c1-11-4-6-14(9-15(11)19)22(12(2)23)10-18(24)21-13-5-7-17(25-3)16(20)8-13/h4-9H,10H2,1-3H3,(H,21,24). The van der Waals surface area contributed by atoms with Crippen molar-refractivity contribution in [2.75, 3.05) is 23.9 Å². The highest BCUT2D eigenvalue weighted by molar-refractivity contribution is 6.32. The lowest BCUT2D eigenvalue weighted by molar-refractivity contribution is -0.120. The van der Waals surface area contributed by atoms with Crippen LogP contribution in [-0.2, 0) is 9.59 Å². The summed E-state index contributed by atoms with van der Waals surface area (Å²) in [4.78, 5) is 25.6. The molecule has 0 unspecified atom stereocenters. The average Bonchev–Trinajstić information content (AvgIpc) is 2.55. The van der Waals surface area contributed by atoms with Gasteiger partial charge in [-0.1, -0.05) is 29.3 Å². The zero-order valence-electron chi connectivity index (χ0n) is 14.1. The van der Waals surface area contributed by atoms with Gasteiger partial charge in [-0.3, -0.25) is 9.59 Å². The predicted molar refractivity (Wildman–Crippen MR) is 101 cm³/mol. The van der Waals surface area contributed by atoms with E-state index in [2.05, 4.69) is 5.32 Å². The molecular formula is C18H18Cl2N2O3. The third-order valence-electron chi connectivity index (χ3n) is 3.58. The SMILES string of the molecule is COc1ccc(NC(=O)CN(C(C)=O)c2ccc(C)c(Cl)c2)cc1Cl. The van der Waals surface area contributed by atoms with Crippen molar-refractivity contribution in [1.82, 2.24) is 0 Å². The van der Waals surface area contributed by atoms with Crippen molar-refractivity contribution in [2.24, 2.45) is 0 Å². The average molecular weight is 381 g/mol. The van der Waals surface area contributed by atoms with E-state index in [1.807, 2.05) is 6.92 Å². The molecule has 2 aromatic rings. The van der Waals surface area contributed by atoms with E-state index in [0.29, 0.717) is 27.2 Å². The first-order valence-corrected chi connectivity index (χ1v) is 8.25. The van der Waals surface area contributed by atoms with Crippen LogP contribution in [0.2, 0.25) is 10.0 Å². The normalized spacial score (nSPS) is 10.3. The van der Waals surface area contributed by atoms with Crippen LogP contribution in [0.5, 0.6) is 5.75 Å². The molecule has 0 saturated heterocycles. The number of amides is 2. The van der Waals surface area contributed by atoms with Gasteiger partial charge < -0.3 is 15.0 Å². The number of hydrogen-bond donors (Lipinski definition) is 1. The lowest BCUT2D eigenvalue weighted by atomic mass is 10.2. The molecule has 0 atom stereocenters. The third-order valence-corrected chi connectivity index (χ3v) is 4.29. The summed E-state index contributed by atoms with van der Waals surface area (Å²) in [7, 11) is 1.51. The Morgan fingerprint density at radius 2 is 1.84 bits per heavy atom. The van der Waals surface area contributed by atoms with Crippen molar-refractivity contribution in [3.05, 3.63) is 52.0 Å². The quantitative estimate of drug-likeness (QED) is 0.840. The molecule has 0 spiro atoms. The number of rotatable bonds is 5. The van der Waals surface area contributed by atoms with Crippen molar-refractivity contribution in [3.63, 3.8) is 0 Å². The summed E-state index contributed by atoms with van der Waals surface area (Å²) in [5.41, 5.74) is 1.97. The second kappa shape index (κ2) is 8.23. The van der Waals surface area contributed by atoms with E-state index in [9.17, 15) is 9.59 Å². The molecule has 7 heteroatoms. The minimum absolute atomic E-state index is 0.141. The molecule has 0 aromatic heterocycles. The van der Waals surface area contributed by atoms with Crippen molar-refractivity contribution in [2.45, 2.75) is 13.8 Å². The number of carbonyl (C=O) groups excluding carboxylic acids is 2. The van der Waals surface area contributed by atoms with Gasteiger partial charge in [-0.2, -0.15) is 0 Å². The van der Waals surface area contributed by atoms with Crippen LogP contribution in [0.3, 0.4) is 0 Å². The van der Waals surface area contributed by atoms with Crippen LogP contribution in [-0.4, -0.2) is 25.5 Å². The summed E-state index contributed by atoms with van der Waals surface area (Å²) in [6.07, 6.45) is 0. The number of hydrogen-bond acceptors (Lipinski definition) is 3. The highest BCUT2D eigenvalue weighted by Gasteiger charge is 2.17. The van der Waals surface area contributed by atoms with Gasteiger partial charge in [-0.15, -0.1) is 0 Å². The molecule has 132 valence electrons. The number of benzene rings is 2. The van der Waals surface area contributed by atoms with E-state index in [-0.39, 0.29) is 18.4 Å². The van der Waals surface area contributed by atoms with Crippen molar-refractivity contribution >= 4 is 46.4 Å². The first-order chi connectivity index (χ1) is 11.8. The largest absolute Gasteiger partial charge is 0.495 e. The molecule has 0 bridgehead atoms. The molecule has 2 aromatic carbocycles. The van der Waals surface area contributed by atoms with E-state index >= 15 is 0 Å². The molecule has 1 N–H and O–H groups in total. The Morgan fingerprint density at radius 3 is 2.40 bits per heavy atom. The number of nitrogens with zero attached hydrogens (tertiary/aromatic N) is 1. The van der Waals surface area contributed by atoms with E-state index in [1.165, 1.54) is 18.9 Å². The second-order valence-corrected chi connectivity index (χ2v) is 6.25. The maximum atomic E-state index is 12.3. The zero-order valence-corrected chi connectivity index (χ0v) is 15.6. The summed E-state index contributed by atoms with van der Waals surface area (Å²) in [6.45, 7) is 3.12. The minimum atomic E-state index is -0.354. The Balaban J connectivity index is 2.14. The van der Waals surface area contributed by atoms with Gasteiger partial charge in [0.1, 0.15) is 12.3 Å². The molecule has 25 heavy (non-hydrogen) atoms. The number of methoxy groups -OCH3 is 1. The van der Waals surface area contributed by atoms with Gasteiger partial charge in [0.2, 0.25) is 11.8 Å². The molecule has 2 rings (SSSR count). The zero-order chi connectivity index (χ0) is 18.6. The first-order valence-electron chi connectivity index (χ1n) is 7.49. The summed E-state index contributed by atoms with van der Waals surface area (Å²) >= 11 is 12.2. The monoisotopic (exact) mass is 380 g/mol. The molecule has 0 heterocycles. The molecule has 0 aliphatic heterocycles. The van der Waals surface area contributed by atoms with Crippen LogP contribution in [0.4, 0.5) is 11.4 Å². The van der Waals surface area contributed by atoms with Crippen molar-refractivity contribution < 1.29 is 14.3 Å². The summed E-state index contributed by atoms with van der Waals surface area (Å²) < 4.78 is 5.07. The number of ether oxygens (including phenoxy) is 1. The molecule has 0 saturated carbocycles. The molecule has 5 nitrogen and oxygen atoms in total. The number of carbonyl (C=O) groups is 2. The van der Waals surface area contributed by atoms with Crippen LogP contribution in [0.15, 0.2) is 36.4 Å². The van der Waals surface area contributed by atoms with Gasteiger partial charge in [-0.05, 0) is 42.8 Å². The van der Waals surface area contributed by atoms with Gasteiger partial charge in [0.15, 0.2) is 0 Å². The third kappa shape index (κ3) is 4.87. The van der Waals surface area contributed by atoms with Gasteiger partial charge in [0, 0.05) is 23.3 Å². The van der Waals surface area contributed by atoms with Crippen LogP contribution >= 0.6 is 23.2 Å². The lowest BCUT2D eigenvalue weighted by Gasteiger charge is -2.21. The number of halogens is 2. The van der Waals surface area contributed by atoms with E-state index < -0.39 is 0 Å². The number of nitrogens with one attached hydrogen (secondary N) is 1. The molecule has 2 amide bonds. The van der Waals surface area contributed by atoms with Crippen molar-refractivity contribution in [3.8, 4) is 5.75 Å². The lowest BCUT2D eigenvalue weighted by Crippen LogP contribution is -2.36. The Bertz CT molecular complexity index is 809. The Kier molecular flexibility index (Phi) is 6.28. The van der Waals surface area contributed by atoms with E-state index in [0.717, 1.165) is 5.56 Å². The summed E-state index contributed by atoms with van der Waals surface area (Å²) in [6, 6.07) is 10.1. The Hall–Kier alpha value is -2.24. The Morgan fingerprint density at radius 1 is 1.12 bits per heavy atom. The van der Waals surface area contributed by atoms with Gasteiger partial charge in [0.25, 0.3) is 0 Å².